The van der Waals surface area contributed by atoms with Crippen LogP contribution in [0.2, 0.25) is 5.02 Å². The SMILES string of the molecule is COc1cc(C=NNC(=O)[C@@H]2COc3ccccc3O2)cc(Cl)c1OC. The number of carbonyl (C=O) groups excluding carboxylic acids is 1. The first-order valence-electron chi connectivity index (χ1n) is 7.75. The average Bonchev–Trinajstić information content (AvgIpc) is 2.67. The minimum atomic E-state index is -0.781. The second-order valence-electron chi connectivity index (χ2n) is 5.34. The lowest BCUT2D eigenvalue weighted by atomic mass is 10.2. The number of fused-ring (bicyclic) bond motifs is 1. The van der Waals surface area contributed by atoms with Crippen LogP contribution >= 0.6 is 11.6 Å². The Kier molecular flexibility index (Phi) is 5.48. The molecule has 1 aliphatic heterocycles. The molecule has 2 aromatic rings. The first-order valence-corrected chi connectivity index (χ1v) is 8.13. The fourth-order valence-electron chi connectivity index (χ4n) is 2.40. The molecule has 0 fully saturated rings. The Morgan fingerprint density at radius 1 is 1.27 bits per heavy atom. The number of para-hydroxylation sites is 2. The Morgan fingerprint density at radius 2 is 2.04 bits per heavy atom. The van der Waals surface area contributed by atoms with E-state index in [1.54, 1.807) is 30.3 Å². The molecule has 0 aromatic heterocycles. The summed E-state index contributed by atoms with van der Waals surface area (Å²) in [6.45, 7) is 0.112. The van der Waals surface area contributed by atoms with E-state index in [0.717, 1.165) is 0 Å². The van der Waals surface area contributed by atoms with E-state index in [-0.39, 0.29) is 6.61 Å². The Morgan fingerprint density at radius 3 is 2.77 bits per heavy atom. The zero-order chi connectivity index (χ0) is 18.5. The molecule has 0 aliphatic carbocycles. The van der Waals surface area contributed by atoms with E-state index in [0.29, 0.717) is 33.6 Å². The number of benzene rings is 2. The van der Waals surface area contributed by atoms with Gasteiger partial charge in [-0.2, -0.15) is 5.10 Å². The minimum Gasteiger partial charge on any atom is -0.493 e. The minimum absolute atomic E-state index is 0.112. The standard InChI is InChI=1S/C18H17ClN2O5/c1-23-15-8-11(7-12(19)17(15)24-2)9-20-21-18(22)16-10-25-13-5-3-4-6-14(13)26-16/h3-9,16H,10H2,1-2H3,(H,21,22)/t16-/m0/s1. The molecule has 0 saturated heterocycles. The van der Waals surface area contributed by atoms with Gasteiger partial charge in [-0.05, 0) is 29.8 Å². The van der Waals surface area contributed by atoms with Crippen molar-refractivity contribution in [3.8, 4) is 23.0 Å². The molecule has 26 heavy (non-hydrogen) atoms. The summed E-state index contributed by atoms with van der Waals surface area (Å²) in [4.78, 5) is 12.2. The number of methoxy groups -OCH3 is 2. The summed E-state index contributed by atoms with van der Waals surface area (Å²) in [5.74, 6) is 1.62. The fourth-order valence-corrected chi connectivity index (χ4v) is 2.70. The molecule has 7 nitrogen and oxygen atoms in total. The summed E-state index contributed by atoms with van der Waals surface area (Å²) in [5, 5.41) is 4.30. The van der Waals surface area contributed by atoms with E-state index in [1.807, 2.05) is 6.07 Å². The lowest BCUT2D eigenvalue weighted by Crippen LogP contribution is -2.42. The molecule has 0 unspecified atom stereocenters. The quantitative estimate of drug-likeness (QED) is 0.641. The lowest BCUT2D eigenvalue weighted by Gasteiger charge is -2.24. The first kappa shape index (κ1) is 17.9. The molecule has 0 saturated carbocycles. The van der Waals surface area contributed by atoms with E-state index < -0.39 is 12.0 Å². The molecule has 3 rings (SSSR count). The molecule has 1 atom stereocenters. The number of amides is 1. The third-order valence-corrected chi connectivity index (χ3v) is 3.93. The average molecular weight is 377 g/mol. The van der Waals surface area contributed by atoms with Crippen molar-refractivity contribution in [2.45, 2.75) is 6.10 Å². The second kappa shape index (κ2) is 7.97. The van der Waals surface area contributed by atoms with Crippen molar-refractivity contribution in [2.75, 3.05) is 20.8 Å². The Labute approximate surface area is 155 Å². The van der Waals surface area contributed by atoms with Crippen LogP contribution in [0.3, 0.4) is 0 Å². The number of rotatable bonds is 5. The van der Waals surface area contributed by atoms with Gasteiger partial charge in [-0.1, -0.05) is 23.7 Å². The Bertz CT molecular complexity index is 840. The summed E-state index contributed by atoms with van der Waals surface area (Å²) in [6, 6.07) is 10.5. The highest BCUT2D eigenvalue weighted by molar-refractivity contribution is 6.32. The van der Waals surface area contributed by atoms with Crippen molar-refractivity contribution >= 4 is 23.7 Å². The normalized spacial score (nSPS) is 15.6. The molecule has 1 aliphatic rings. The number of nitrogens with one attached hydrogen (secondary N) is 1. The number of hydrogen-bond acceptors (Lipinski definition) is 6. The summed E-state index contributed by atoms with van der Waals surface area (Å²) in [6.07, 6.45) is 0.666. The highest BCUT2D eigenvalue weighted by atomic mass is 35.5. The van der Waals surface area contributed by atoms with E-state index >= 15 is 0 Å². The van der Waals surface area contributed by atoms with E-state index in [2.05, 4.69) is 10.5 Å². The largest absolute Gasteiger partial charge is 0.493 e. The van der Waals surface area contributed by atoms with Crippen LogP contribution in [0.1, 0.15) is 5.56 Å². The third-order valence-electron chi connectivity index (χ3n) is 3.65. The van der Waals surface area contributed by atoms with Crippen molar-refractivity contribution in [1.82, 2.24) is 5.43 Å². The second-order valence-corrected chi connectivity index (χ2v) is 5.74. The zero-order valence-electron chi connectivity index (χ0n) is 14.2. The third kappa shape index (κ3) is 3.83. The van der Waals surface area contributed by atoms with Crippen LogP contribution in [0, 0.1) is 0 Å². The number of ether oxygens (including phenoxy) is 4. The molecule has 1 N–H and O–H groups in total. The predicted molar refractivity (Wildman–Crippen MR) is 96.6 cm³/mol. The molecule has 2 aromatic carbocycles. The molecule has 0 bridgehead atoms. The van der Waals surface area contributed by atoms with Crippen LogP contribution in [0.5, 0.6) is 23.0 Å². The van der Waals surface area contributed by atoms with E-state index in [1.165, 1.54) is 20.4 Å². The van der Waals surface area contributed by atoms with Crippen LogP contribution in [-0.2, 0) is 4.79 Å². The topological polar surface area (TPSA) is 78.4 Å². The molecule has 1 heterocycles. The highest BCUT2D eigenvalue weighted by Gasteiger charge is 2.27. The zero-order valence-corrected chi connectivity index (χ0v) is 14.9. The van der Waals surface area contributed by atoms with Crippen molar-refractivity contribution in [3.63, 3.8) is 0 Å². The van der Waals surface area contributed by atoms with Crippen molar-refractivity contribution in [2.24, 2.45) is 5.10 Å². The fraction of sp³-hybridized carbons (Fsp3) is 0.222. The maximum atomic E-state index is 12.2. The van der Waals surface area contributed by atoms with Crippen molar-refractivity contribution < 1.29 is 23.7 Å². The summed E-state index contributed by atoms with van der Waals surface area (Å²) in [5.41, 5.74) is 3.07. The van der Waals surface area contributed by atoms with Gasteiger partial charge < -0.3 is 18.9 Å². The number of nitrogens with zero attached hydrogens (tertiary/aromatic N) is 1. The monoisotopic (exact) mass is 376 g/mol. The van der Waals surface area contributed by atoms with Crippen LogP contribution in [0.25, 0.3) is 0 Å². The number of halogens is 1. The highest BCUT2D eigenvalue weighted by Crippen LogP contribution is 2.35. The molecular formula is C18H17ClN2O5. The van der Waals surface area contributed by atoms with Gasteiger partial charge in [-0.3, -0.25) is 4.79 Å². The lowest BCUT2D eigenvalue weighted by molar-refractivity contribution is -0.130. The number of hydrazone groups is 1. The first-order chi connectivity index (χ1) is 12.6. The van der Waals surface area contributed by atoms with Crippen LogP contribution in [0.4, 0.5) is 0 Å². The Balaban J connectivity index is 1.64. The van der Waals surface area contributed by atoms with Gasteiger partial charge in [0.1, 0.15) is 6.61 Å². The van der Waals surface area contributed by atoms with E-state index in [9.17, 15) is 4.79 Å². The summed E-state index contributed by atoms with van der Waals surface area (Å²) in [7, 11) is 3.01. The molecule has 0 radical (unpaired) electrons. The van der Waals surface area contributed by atoms with Gasteiger partial charge in [0.25, 0.3) is 5.91 Å². The van der Waals surface area contributed by atoms with Crippen molar-refractivity contribution in [3.05, 3.63) is 47.0 Å². The van der Waals surface area contributed by atoms with Crippen LogP contribution in [-0.4, -0.2) is 39.1 Å². The summed E-state index contributed by atoms with van der Waals surface area (Å²) >= 11 is 6.13. The van der Waals surface area contributed by atoms with Gasteiger partial charge in [0.15, 0.2) is 23.0 Å². The van der Waals surface area contributed by atoms with Crippen LogP contribution in [0.15, 0.2) is 41.5 Å². The molecule has 136 valence electrons. The van der Waals surface area contributed by atoms with Crippen LogP contribution < -0.4 is 24.4 Å². The number of carbonyl (C=O) groups is 1. The maximum Gasteiger partial charge on any atom is 0.284 e. The molecule has 1 amide bonds. The maximum absolute atomic E-state index is 12.2. The van der Waals surface area contributed by atoms with Gasteiger partial charge in [-0.15, -0.1) is 0 Å². The van der Waals surface area contributed by atoms with Crippen molar-refractivity contribution in [1.29, 1.82) is 0 Å². The van der Waals surface area contributed by atoms with Gasteiger partial charge in [-0.25, -0.2) is 5.43 Å². The Hall–Kier alpha value is -2.93. The predicted octanol–water partition coefficient (Wildman–Crippen LogP) is 2.65. The van der Waals surface area contributed by atoms with Gasteiger partial charge in [0.05, 0.1) is 25.5 Å². The summed E-state index contributed by atoms with van der Waals surface area (Å²) < 4.78 is 21.5. The smallest absolute Gasteiger partial charge is 0.284 e. The molecule has 8 heteroatoms. The van der Waals surface area contributed by atoms with E-state index in [4.69, 9.17) is 30.5 Å². The van der Waals surface area contributed by atoms with Gasteiger partial charge in [0.2, 0.25) is 6.10 Å². The molecule has 0 spiro atoms. The molecular weight excluding hydrogens is 360 g/mol. The number of hydrogen-bond donors (Lipinski definition) is 1. The van der Waals surface area contributed by atoms with Gasteiger partial charge >= 0.3 is 0 Å². The van der Waals surface area contributed by atoms with Gasteiger partial charge in [0, 0.05) is 0 Å².